The number of hydrogen-bond acceptors (Lipinski definition) is 4. The van der Waals surface area contributed by atoms with Crippen molar-refractivity contribution in [2.75, 3.05) is 6.61 Å². The third-order valence-electron chi connectivity index (χ3n) is 3.15. The summed E-state index contributed by atoms with van der Waals surface area (Å²) in [6, 6.07) is 10.6. The van der Waals surface area contributed by atoms with Crippen LogP contribution in [0.1, 0.15) is 19.8 Å². The minimum atomic E-state index is -0.392. The molecule has 5 nitrogen and oxygen atoms in total. The molecule has 1 heterocycles. The first-order chi connectivity index (χ1) is 10.1. The lowest BCUT2D eigenvalue weighted by molar-refractivity contribution is -0.144. The maximum atomic E-state index is 11.9. The molecule has 110 valence electrons. The average Bonchev–Trinajstić information content (AvgIpc) is 2.48. The highest BCUT2D eigenvalue weighted by Gasteiger charge is 2.10. The fourth-order valence-electron chi connectivity index (χ4n) is 2.14. The number of esters is 1. The van der Waals surface area contributed by atoms with Gasteiger partial charge >= 0.3 is 5.97 Å². The summed E-state index contributed by atoms with van der Waals surface area (Å²) >= 11 is 0. The molecule has 0 aliphatic rings. The number of benzene rings is 1. The zero-order valence-electron chi connectivity index (χ0n) is 11.9. The van der Waals surface area contributed by atoms with Gasteiger partial charge in [-0.3, -0.25) is 14.4 Å². The van der Waals surface area contributed by atoms with E-state index >= 15 is 0 Å². The number of fused-ring (bicyclic) bond motifs is 1. The number of ether oxygens (including phenoxy) is 1. The topological polar surface area (TPSA) is 65.4 Å². The summed E-state index contributed by atoms with van der Waals surface area (Å²) in [7, 11) is 0. The van der Waals surface area contributed by atoms with Crippen LogP contribution in [0.4, 0.5) is 0 Å². The first-order valence-corrected chi connectivity index (χ1v) is 6.87. The second kappa shape index (κ2) is 6.83. The van der Waals surface area contributed by atoms with E-state index in [1.165, 1.54) is 10.6 Å². The van der Waals surface area contributed by atoms with Crippen molar-refractivity contribution in [2.24, 2.45) is 0 Å². The molecule has 0 atom stereocenters. The van der Waals surface area contributed by atoms with E-state index in [9.17, 15) is 14.4 Å². The van der Waals surface area contributed by atoms with Crippen molar-refractivity contribution >= 4 is 22.7 Å². The van der Waals surface area contributed by atoms with E-state index in [0.717, 1.165) is 10.9 Å². The second-order valence-corrected chi connectivity index (χ2v) is 4.66. The lowest BCUT2D eigenvalue weighted by Crippen LogP contribution is -2.24. The van der Waals surface area contributed by atoms with Gasteiger partial charge in [-0.25, -0.2) is 0 Å². The number of carbonyl (C=O) groups is 2. The Morgan fingerprint density at radius 2 is 1.86 bits per heavy atom. The summed E-state index contributed by atoms with van der Waals surface area (Å²) in [6.45, 7) is 1.99. The maximum Gasteiger partial charge on any atom is 0.306 e. The average molecular weight is 287 g/mol. The highest BCUT2D eigenvalue weighted by molar-refractivity contribution is 5.85. The molecule has 0 saturated carbocycles. The number of pyridine rings is 1. The molecule has 2 rings (SSSR count). The van der Waals surface area contributed by atoms with E-state index in [-0.39, 0.29) is 30.7 Å². The Morgan fingerprint density at radius 3 is 2.62 bits per heavy atom. The summed E-state index contributed by atoms with van der Waals surface area (Å²) in [4.78, 5) is 35.1. The fraction of sp³-hybridized carbons (Fsp3) is 0.312. The minimum absolute atomic E-state index is 0.0282. The summed E-state index contributed by atoms with van der Waals surface area (Å²) < 4.78 is 6.21. The van der Waals surface area contributed by atoms with Crippen LogP contribution in [0.5, 0.6) is 0 Å². The first-order valence-electron chi connectivity index (χ1n) is 6.87. The molecule has 0 unspecified atom stereocenters. The maximum absolute atomic E-state index is 11.9. The molecule has 1 aromatic heterocycles. The van der Waals surface area contributed by atoms with E-state index in [4.69, 9.17) is 4.74 Å². The molecule has 0 saturated heterocycles. The van der Waals surface area contributed by atoms with Crippen molar-refractivity contribution in [3.63, 3.8) is 0 Å². The lowest BCUT2D eigenvalue weighted by Gasteiger charge is -2.09. The van der Waals surface area contributed by atoms with Crippen LogP contribution >= 0.6 is 0 Å². The third kappa shape index (κ3) is 3.78. The van der Waals surface area contributed by atoms with Gasteiger partial charge < -0.3 is 9.30 Å². The van der Waals surface area contributed by atoms with Gasteiger partial charge in [0.05, 0.1) is 25.1 Å². The Hall–Kier alpha value is -2.43. The van der Waals surface area contributed by atoms with Crippen molar-refractivity contribution in [1.29, 1.82) is 0 Å². The Balaban J connectivity index is 2.12. The first kappa shape index (κ1) is 15.0. The summed E-state index contributed by atoms with van der Waals surface area (Å²) in [5, 5.41) is 0.898. The van der Waals surface area contributed by atoms with Crippen molar-refractivity contribution in [1.82, 2.24) is 4.57 Å². The molecule has 0 aliphatic carbocycles. The number of carbonyl (C=O) groups excluding carboxylic acids is 2. The Labute approximate surface area is 122 Å². The molecule has 21 heavy (non-hydrogen) atoms. The highest BCUT2D eigenvalue weighted by Crippen LogP contribution is 2.11. The molecule has 0 aliphatic heterocycles. The van der Waals surface area contributed by atoms with Crippen LogP contribution in [-0.4, -0.2) is 22.9 Å². The summed E-state index contributed by atoms with van der Waals surface area (Å²) in [5.41, 5.74) is 0.493. The summed E-state index contributed by atoms with van der Waals surface area (Å²) in [6.07, 6.45) is 0.126. The standard InChI is InChI=1S/C16H17NO4/c1-2-21-16(20)10-8-13(18)11-17-14-6-4-3-5-12(14)7-9-15(17)19/h3-7,9H,2,8,10-11H2,1H3. The Kier molecular flexibility index (Phi) is 4.87. The van der Waals surface area contributed by atoms with Crippen LogP contribution in [-0.2, 0) is 20.9 Å². The van der Waals surface area contributed by atoms with E-state index in [2.05, 4.69) is 0 Å². The van der Waals surface area contributed by atoms with E-state index in [1.54, 1.807) is 19.1 Å². The minimum Gasteiger partial charge on any atom is -0.466 e. The van der Waals surface area contributed by atoms with Crippen molar-refractivity contribution in [2.45, 2.75) is 26.3 Å². The van der Waals surface area contributed by atoms with Crippen molar-refractivity contribution in [3.05, 3.63) is 46.8 Å². The molecule has 2 aromatic rings. The monoisotopic (exact) mass is 287 g/mol. The van der Waals surface area contributed by atoms with Gasteiger partial charge in [-0.1, -0.05) is 18.2 Å². The van der Waals surface area contributed by atoms with E-state index in [1.807, 2.05) is 18.2 Å². The molecular formula is C16H17NO4. The second-order valence-electron chi connectivity index (χ2n) is 4.66. The van der Waals surface area contributed by atoms with Gasteiger partial charge in [0.2, 0.25) is 0 Å². The SMILES string of the molecule is CCOC(=O)CCC(=O)Cn1c(=O)ccc2ccccc21. The third-order valence-corrected chi connectivity index (χ3v) is 3.15. The quantitative estimate of drug-likeness (QED) is 0.761. The molecular weight excluding hydrogens is 270 g/mol. The van der Waals surface area contributed by atoms with Gasteiger partial charge in [-0.15, -0.1) is 0 Å². The molecule has 0 radical (unpaired) electrons. The molecule has 0 bridgehead atoms. The van der Waals surface area contributed by atoms with Crippen LogP contribution in [0.15, 0.2) is 41.2 Å². The molecule has 0 N–H and O–H groups in total. The van der Waals surface area contributed by atoms with Crippen LogP contribution in [0.25, 0.3) is 10.9 Å². The number of rotatable bonds is 6. The zero-order chi connectivity index (χ0) is 15.2. The normalized spacial score (nSPS) is 10.5. The number of hydrogen-bond donors (Lipinski definition) is 0. The smallest absolute Gasteiger partial charge is 0.306 e. The van der Waals surface area contributed by atoms with Gasteiger partial charge in [-0.2, -0.15) is 0 Å². The number of nitrogens with zero attached hydrogens (tertiary/aromatic N) is 1. The predicted octanol–water partition coefficient (Wildman–Crippen LogP) is 1.91. The molecule has 1 aromatic carbocycles. The van der Waals surface area contributed by atoms with E-state index in [0.29, 0.717) is 6.61 Å². The molecule has 0 fully saturated rings. The van der Waals surface area contributed by atoms with Crippen LogP contribution in [0.3, 0.4) is 0 Å². The number of ketones is 1. The highest BCUT2D eigenvalue weighted by atomic mass is 16.5. The fourth-order valence-corrected chi connectivity index (χ4v) is 2.14. The number of aromatic nitrogens is 1. The van der Waals surface area contributed by atoms with Gasteiger partial charge in [0.25, 0.3) is 5.56 Å². The lowest BCUT2D eigenvalue weighted by atomic mass is 10.2. The molecule has 0 amide bonds. The number of para-hydroxylation sites is 1. The van der Waals surface area contributed by atoms with Gasteiger partial charge in [0, 0.05) is 12.5 Å². The van der Waals surface area contributed by atoms with Crippen LogP contribution < -0.4 is 5.56 Å². The van der Waals surface area contributed by atoms with E-state index < -0.39 is 5.97 Å². The zero-order valence-corrected chi connectivity index (χ0v) is 11.9. The molecule has 5 heteroatoms. The largest absolute Gasteiger partial charge is 0.466 e. The van der Waals surface area contributed by atoms with Crippen LogP contribution in [0, 0.1) is 0 Å². The molecule has 0 spiro atoms. The van der Waals surface area contributed by atoms with Crippen molar-refractivity contribution < 1.29 is 14.3 Å². The predicted molar refractivity (Wildman–Crippen MR) is 79.1 cm³/mol. The van der Waals surface area contributed by atoms with Crippen LogP contribution in [0.2, 0.25) is 0 Å². The van der Waals surface area contributed by atoms with Gasteiger partial charge in [0.15, 0.2) is 5.78 Å². The van der Waals surface area contributed by atoms with Gasteiger partial charge in [0.1, 0.15) is 0 Å². The Morgan fingerprint density at radius 1 is 1.10 bits per heavy atom. The van der Waals surface area contributed by atoms with Gasteiger partial charge in [-0.05, 0) is 24.4 Å². The Bertz CT molecular complexity index is 718. The number of Topliss-reactive ketones (excluding diaryl/α,β-unsaturated/α-hetero) is 1. The van der Waals surface area contributed by atoms with Crippen molar-refractivity contribution in [3.8, 4) is 0 Å². The summed E-state index contributed by atoms with van der Waals surface area (Å²) in [5.74, 6) is -0.558.